The summed E-state index contributed by atoms with van der Waals surface area (Å²) in [6.45, 7) is 3.85. The molecular weight excluding hydrogens is 287 g/mol. The van der Waals surface area contributed by atoms with Crippen molar-refractivity contribution in [3.8, 4) is 11.6 Å². The summed E-state index contributed by atoms with van der Waals surface area (Å²) in [5.41, 5.74) is 0.644. The van der Waals surface area contributed by atoms with Crippen molar-refractivity contribution in [3.05, 3.63) is 44.2 Å². The van der Waals surface area contributed by atoms with Gasteiger partial charge in [0, 0.05) is 0 Å². The highest BCUT2D eigenvalue weighted by molar-refractivity contribution is 6.42. The summed E-state index contributed by atoms with van der Waals surface area (Å²) in [4.78, 5) is 11.9. The van der Waals surface area contributed by atoms with Gasteiger partial charge >= 0.3 is 0 Å². The molecule has 1 unspecified atom stereocenters. The number of aromatic hydroxyl groups is 1. The minimum Gasteiger partial charge on any atom is -0.493 e. The SMILES string of the molecule is CCC(C)c1c(O)n(-c2ccc(Cl)c(Cl)c2)[nH]c1=O. The van der Waals surface area contributed by atoms with Gasteiger partial charge in [0.25, 0.3) is 5.56 Å². The van der Waals surface area contributed by atoms with Crippen LogP contribution in [-0.2, 0) is 0 Å². The second-order valence-corrected chi connectivity index (χ2v) is 5.24. The lowest BCUT2D eigenvalue weighted by atomic mass is 10.0. The number of nitrogens with zero attached hydrogens (tertiary/aromatic N) is 1. The van der Waals surface area contributed by atoms with E-state index < -0.39 is 0 Å². The molecule has 0 spiro atoms. The van der Waals surface area contributed by atoms with Crippen LogP contribution >= 0.6 is 23.2 Å². The normalized spacial score (nSPS) is 12.6. The number of hydrogen-bond acceptors (Lipinski definition) is 2. The molecular formula is C13H14Cl2N2O2. The van der Waals surface area contributed by atoms with E-state index in [0.29, 0.717) is 21.3 Å². The number of aromatic nitrogens is 2. The van der Waals surface area contributed by atoms with Crippen LogP contribution in [0.25, 0.3) is 5.69 Å². The topological polar surface area (TPSA) is 58.0 Å². The Balaban J connectivity index is 2.58. The van der Waals surface area contributed by atoms with E-state index in [-0.39, 0.29) is 17.4 Å². The maximum atomic E-state index is 11.9. The van der Waals surface area contributed by atoms with Gasteiger partial charge in [0.05, 0.1) is 21.3 Å². The summed E-state index contributed by atoms with van der Waals surface area (Å²) in [5, 5.41) is 13.6. The van der Waals surface area contributed by atoms with Crippen LogP contribution in [0.4, 0.5) is 0 Å². The van der Waals surface area contributed by atoms with Gasteiger partial charge in [-0.15, -0.1) is 0 Å². The van der Waals surface area contributed by atoms with E-state index in [4.69, 9.17) is 23.2 Å². The van der Waals surface area contributed by atoms with Gasteiger partial charge in [-0.05, 0) is 30.5 Å². The van der Waals surface area contributed by atoms with Gasteiger partial charge < -0.3 is 5.11 Å². The molecule has 0 aliphatic heterocycles. The highest BCUT2D eigenvalue weighted by Crippen LogP contribution is 2.29. The third kappa shape index (κ3) is 2.51. The van der Waals surface area contributed by atoms with Crippen molar-refractivity contribution in [1.82, 2.24) is 9.78 Å². The first-order chi connectivity index (χ1) is 8.95. The van der Waals surface area contributed by atoms with Gasteiger partial charge in [0.1, 0.15) is 0 Å². The maximum Gasteiger partial charge on any atom is 0.271 e. The van der Waals surface area contributed by atoms with Crippen LogP contribution in [0.1, 0.15) is 31.7 Å². The highest BCUT2D eigenvalue weighted by atomic mass is 35.5. The fourth-order valence-electron chi connectivity index (χ4n) is 1.90. The number of rotatable bonds is 3. The number of nitrogens with one attached hydrogen (secondary N) is 1. The predicted octanol–water partition coefficient (Wildman–Crippen LogP) is 3.69. The summed E-state index contributed by atoms with van der Waals surface area (Å²) in [5.74, 6) is -0.106. The van der Waals surface area contributed by atoms with Crippen LogP contribution in [0.2, 0.25) is 10.0 Å². The Labute approximate surface area is 120 Å². The smallest absolute Gasteiger partial charge is 0.271 e. The predicted molar refractivity (Wildman–Crippen MR) is 76.8 cm³/mol. The Kier molecular flexibility index (Phi) is 3.92. The van der Waals surface area contributed by atoms with Crippen molar-refractivity contribution in [3.63, 3.8) is 0 Å². The summed E-state index contributed by atoms with van der Waals surface area (Å²) in [6, 6.07) is 4.87. The Bertz CT molecular complexity index is 661. The molecule has 19 heavy (non-hydrogen) atoms. The molecule has 2 N–H and O–H groups in total. The fourth-order valence-corrected chi connectivity index (χ4v) is 2.19. The van der Waals surface area contributed by atoms with Crippen molar-refractivity contribution in [2.75, 3.05) is 0 Å². The molecule has 0 aliphatic carbocycles. The molecule has 1 atom stereocenters. The Morgan fingerprint density at radius 1 is 1.37 bits per heavy atom. The second kappa shape index (κ2) is 5.31. The largest absolute Gasteiger partial charge is 0.493 e. The molecule has 2 aromatic rings. The Morgan fingerprint density at radius 3 is 2.63 bits per heavy atom. The highest BCUT2D eigenvalue weighted by Gasteiger charge is 2.19. The Hall–Kier alpha value is -1.39. The molecule has 1 aromatic heterocycles. The first-order valence-corrected chi connectivity index (χ1v) is 6.70. The monoisotopic (exact) mass is 300 g/mol. The maximum absolute atomic E-state index is 11.9. The molecule has 0 fully saturated rings. The molecule has 0 saturated carbocycles. The molecule has 102 valence electrons. The summed E-state index contributed by atoms with van der Waals surface area (Å²) in [6.07, 6.45) is 0.766. The first-order valence-electron chi connectivity index (χ1n) is 5.95. The van der Waals surface area contributed by atoms with Crippen LogP contribution in [-0.4, -0.2) is 14.9 Å². The fraction of sp³-hybridized carbons (Fsp3) is 0.308. The standard InChI is InChI=1S/C13H14Cl2N2O2/c1-3-7(2)11-12(18)16-17(13(11)19)8-4-5-9(14)10(15)6-8/h4-7,19H,3H2,1-2H3,(H,16,18). The minimum absolute atomic E-state index is 0.0206. The van der Waals surface area contributed by atoms with E-state index in [1.807, 2.05) is 13.8 Å². The molecule has 0 saturated heterocycles. The van der Waals surface area contributed by atoms with Gasteiger partial charge in [0.2, 0.25) is 5.88 Å². The van der Waals surface area contributed by atoms with Gasteiger partial charge in [0.15, 0.2) is 0 Å². The lowest BCUT2D eigenvalue weighted by Gasteiger charge is -2.08. The zero-order valence-corrected chi connectivity index (χ0v) is 12.1. The van der Waals surface area contributed by atoms with Crippen molar-refractivity contribution >= 4 is 23.2 Å². The van der Waals surface area contributed by atoms with Gasteiger partial charge in [-0.25, -0.2) is 4.68 Å². The summed E-state index contributed by atoms with van der Waals surface area (Å²) in [7, 11) is 0. The van der Waals surface area contributed by atoms with Crippen molar-refractivity contribution in [1.29, 1.82) is 0 Å². The third-order valence-corrected chi connectivity index (χ3v) is 3.92. The molecule has 4 nitrogen and oxygen atoms in total. The molecule has 0 aliphatic rings. The van der Waals surface area contributed by atoms with E-state index in [1.54, 1.807) is 18.2 Å². The van der Waals surface area contributed by atoms with Gasteiger partial charge in [-0.1, -0.05) is 37.0 Å². The molecule has 6 heteroatoms. The lowest BCUT2D eigenvalue weighted by molar-refractivity contribution is 0.423. The third-order valence-electron chi connectivity index (χ3n) is 3.18. The van der Waals surface area contributed by atoms with Gasteiger partial charge in [-0.3, -0.25) is 9.89 Å². The average molecular weight is 301 g/mol. The molecule has 2 rings (SSSR count). The van der Waals surface area contributed by atoms with Crippen molar-refractivity contribution in [2.24, 2.45) is 0 Å². The summed E-state index contributed by atoms with van der Waals surface area (Å²) >= 11 is 11.8. The number of H-pyrrole nitrogens is 1. The first kappa shape index (κ1) is 14.0. The van der Waals surface area contributed by atoms with E-state index >= 15 is 0 Å². The molecule has 1 heterocycles. The number of halogens is 2. The van der Waals surface area contributed by atoms with E-state index in [2.05, 4.69) is 5.10 Å². The minimum atomic E-state index is -0.294. The van der Waals surface area contributed by atoms with Gasteiger partial charge in [-0.2, -0.15) is 0 Å². The quantitative estimate of drug-likeness (QED) is 0.908. The van der Waals surface area contributed by atoms with Crippen molar-refractivity contribution < 1.29 is 5.11 Å². The van der Waals surface area contributed by atoms with Crippen LogP contribution in [0.15, 0.2) is 23.0 Å². The Morgan fingerprint density at radius 2 is 2.05 bits per heavy atom. The van der Waals surface area contributed by atoms with Crippen LogP contribution in [0, 0.1) is 0 Å². The van der Waals surface area contributed by atoms with Crippen LogP contribution < -0.4 is 5.56 Å². The molecule has 0 radical (unpaired) electrons. The number of aromatic amines is 1. The van der Waals surface area contributed by atoms with E-state index in [0.717, 1.165) is 6.42 Å². The van der Waals surface area contributed by atoms with E-state index in [1.165, 1.54) is 4.68 Å². The lowest BCUT2D eigenvalue weighted by Crippen LogP contribution is -2.09. The zero-order chi connectivity index (χ0) is 14.2. The number of benzene rings is 1. The molecule has 1 aromatic carbocycles. The second-order valence-electron chi connectivity index (χ2n) is 4.42. The van der Waals surface area contributed by atoms with Crippen LogP contribution in [0.3, 0.4) is 0 Å². The average Bonchev–Trinajstić information content (AvgIpc) is 2.67. The zero-order valence-electron chi connectivity index (χ0n) is 10.6. The molecule has 0 amide bonds. The van der Waals surface area contributed by atoms with Crippen LogP contribution in [0.5, 0.6) is 5.88 Å². The number of hydrogen-bond donors (Lipinski definition) is 2. The summed E-state index contributed by atoms with van der Waals surface area (Å²) < 4.78 is 1.31. The van der Waals surface area contributed by atoms with E-state index in [9.17, 15) is 9.90 Å². The van der Waals surface area contributed by atoms with Crippen molar-refractivity contribution in [2.45, 2.75) is 26.2 Å². The molecule has 0 bridgehead atoms.